The third-order valence-electron chi connectivity index (χ3n) is 2.02. The normalized spacial score (nSPS) is 10.5. The van der Waals surface area contributed by atoms with Gasteiger partial charge in [0.05, 0.1) is 0 Å². The second-order valence-corrected chi connectivity index (χ2v) is 3.64. The standard InChI is InChI=1S/C11H18N2/c1-8(2)13-11-5-4-10(7-12)9(3)6-11/h4-6,8,13H,7,12H2,1-3H3. The van der Waals surface area contributed by atoms with E-state index in [1.54, 1.807) is 0 Å². The Morgan fingerprint density at radius 1 is 1.38 bits per heavy atom. The fraction of sp³-hybridized carbons (Fsp3) is 0.455. The van der Waals surface area contributed by atoms with Gasteiger partial charge >= 0.3 is 0 Å². The van der Waals surface area contributed by atoms with Crippen molar-refractivity contribution in [2.45, 2.75) is 33.4 Å². The number of hydrogen-bond acceptors (Lipinski definition) is 2. The van der Waals surface area contributed by atoms with E-state index >= 15 is 0 Å². The minimum atomic E-state index is 0.475. The van der Waals surface area contributed by atoms with E-state index in [9.17, 15) is 0 Å². The van der Waals surface area contributed by atoms with E-state index < -0.39 is 0 Å². The molecular weight excluding hydrogens is 160 g/mol. The van der Waals surface area contributed by atoms with Crippen molar-refractivity contribution in [3.05, 3.63) is 29.3 Å². The van der Waals surface area contributed by atoms with Crippen LogP contribution in [0.5, 0.6) is 0 Å². The molecule has 0 saturated heterocycles. The molecule has 0 amide bonds. The Kier molecular flexibility index (Phi) is 3.32. The summed E-state index contributed by atoms with van der Waals surface area (Å²) in [4.78, 5) is 0. The average molecular weight is 178 g/mol. The second kappa shape index (κ2) is 4.28. The molecule has 2 heteroatoms. The molecule has 0 aliphatic heterocycles. The molecule has 72 valence electrons. The van der Waals surface area contributed by atoms with Gasteiger partial charge in [0.15, 0.2) is 0 Å². The maximum absolute atomic E-state index is 5.58. The van der Waals surface area contributed by atoms with E-state index in [1.807, 2.05) is 0 Å². The van der Waals surface area contributed by atoms with E-state index in [1.165, 1.54) is 16.8 Å². The molecule has 0 aromatic heterocycles. The van der Waals surface area contributed by atoms with Crippen molar-refractivity contribution in [1.82, 2.24) is 0 Å². The number of nitrogens with two attached hydrogens (primary N) is 1. The lowest BCUT2D eigenvalue weighted by molar-refractivity contribution is 0.898. The summed E-state index contributed by atoms with van der Waals surface area (Å²) in [5, 5.41) is 3.36. The van der Waals surface area contributed by atoms with Crippen LogP contribution in [0, 0.1) is 6.92 Å². The van der Waals surface area contributed by atoms with E-state index in [4.69, 9.17) is 5.73 Å². The highest BCUT2D eigenvalue weighted by Crippen LogP contribution is 2.15. The fourth-order valence-electron chi connectivity index (χ4n) is 1.35. The second-order valence-electron chi connectivity index (χ2n) is 3.64. The maximum atomic E-state index is 5.58. The van der Waals surface area contributed by atoms with Crippen LogP contribution in [0.4, 0.5) is 5.69 Å². The molecule has 0 radical (unpaired) electrons. The van der Waals surface area contributed by atoms with E-state index in [-0.39, 0.29) is 0 Å². The van der Waals surface area contributed by atoms with E-state index in [2.05, 4.69) is 44.3 Å². The predicted octanol–water partition coefficient (Wildman–Crippen LogP) is 2.27. The van der Waals surface area contributed by atoms with Crippen LogP contribution in [0.15, 0.2) is 18.2 Å². The molecular formula is C11H18N2. The van der Waals surface area contributed by atoms with Gasteiger partial charge in [0.25, 0.3) is 0 Å². The number of rotatable bonds is 3. The van der Waals surface area contributed by atoms with Gasteiger partial charge in [0.1, 0.15) is 0 Å². The summed E-state index contributed by atoms with van der Waals surface area (Å²) >= 11 is 0. The molecule has 13 heavy (non-hydrogen) atoms. The Labute approximate surface area is 80.1 Å². The number of benzene rings is 1. The fourth-order valence-corrected chi connectivity index (χ4v) is 1.35. The Bertz CT molecular complexity index is 279. The number of hydrogen-bond donors (Lipinski definition) is 2. The molecule has 2 nitrogen and oxygen atoms in total. The zero-order chi connectivity index (χ0) is 9.84. The summed E-state index contributed by atoms with van der Waals surface area (Å²) in [6.45, 7) is 6.97. The third kappa shape index (κ3) is 2.74. The molecule has 0 spiro atoms. The zero-order valence-electron chi connectivity index (χ0n) is 8.59. The predicted molar refractivity (Wildman–Crippen MR) is 57.8 cm³/mol. The van der Waals surface area contributed by atoms with Crippen LogP contribution in [-0.2, 0) is 6.54 Å². The van der Waals surface area contributed by atoms with Gasteiger partial charge in [-0.25, -0.2) is 0 Å². The van der Waals surface area contributed by atoms with Crippen molar-refractivity contribution in [3.8, 4) is 0 Å². The van der Waals surface area contributed by atoms with E-state index in [0.717, 1.165) is 0 Å². The first-order valence-corrected chi connectivity index (χ1v) is 4.69. The van der Waals surface area contributed by atoms with Crippen LogP contribution in [0.25, 0.3) is 0 Å². The highest BCUT2D eigenvalue weighted by molar-refractivity contribution is 5.48. The van der Waals surface area contributed by atoms with Crippen LogP contribution in [0.1, 0.15) is 25.0 Å². The highest BCUT2D eigenvalue weighted by atomic mass is 14.9. The lowest BCUT2D eigenvalue weighted by Crippen LogP contribution is -2.10. The lowest BCUT2D eigenvalue weighted by atomic mass is 10.1. The SMILES string of the molecule is Cc1cc(NC(C)C)ccc1CN. The summed E-state index contributed by atoms with van der Waals surface area (Å²) < 4.78 is 0. The minimum Gasteiger partial charge on any atom is -0.383 e. The molecule has 1 rings (SSSR count). The minimum absolute atomic E-state index is 0.475. The van der Waals surface area contributed by atoms with Crippen molar-refractivity contribution in [3.63, 3.8) is 0 Å². The smallest absolute Gasteiger partial charge is 0.0344 e. The molecule has 0 unspecified atom stereocenters. The lowest BCUT2D eigenvalue weighted by Gasteiger charge is -2.12. The molecule has 0 aliphatic rings. The molecule has 0 aliphatic carbocycles. The Balaban J connectivity index is 2.83. The molecule has 1 aromatic rings. The Hall–Kier alpha value is -1.02. The first-order valence-electron chi connectivity index (χ1n) is 4.69. The van der Waals surface area contributed by atoms with E-state index in [0.29, 0.717) is 12.6 Å². The van der Waals surface area contributed by atoms with Gasteiger partial charge in [-0.1, -0.05) is 6.07 Å². The highest BCUT2D eigenvalue weighted by Gasteiger charge is 1.99. The molecule has 0 heterocycles. The van der Waals surface area contributed by atoms with Crippen molar-refractivity contribution < 1.29 is 0 Å². The number of nitrogens with one attached hydrogen (secondary N) is 1. The first kappa shape index (κ1) is 10.1. The molecule has 0 fully saturated rings. The number of anilines is 1. The van der Waals surface area contributed by atoms with Gasteiger partial charge in [0, 0.05) is 18.3 Å². The van der Waals surface area contributed by atoms with Crippen molar-refractivity contribution in [2.24, 2.45) is 5.73 Å². The van der Waals surface area contributed by atoms with Gasteiger partial charge in [-0.3, -0.25) is 0 Å². The summed E-state index contributed by atoms with van der Waals surface area (Å²) in [5.41, 5.74) is 9.23. The van der Waals surface area contributed by atoms with Crippen LogP contribution in [0.2, 0.25) is 0 Å². The van der Waals surface area contributed by atoms with Gasteiger partial charge in [-0.15, -0.1) is 0 Å². The van der Waals surface area contributed by atoms with Gasteiger partial charge in [-0.2, -0.15) is 0 Å². The van der Waals surface area contributed by atoms with Crippen molar-refractivity contribution >= 4 is 5.69 Å². The van der Waals surface area contributed by atoms with Crippen LogP contribution in [0.3, 0.4) is 0 Å². The maximum Gasteiger partial charge on any atom is 0.0344 e. The molecule has 3 N–H and O–H groups in total. The topological polar surface area (TPSA) is 38.0 Å². The average Bonchev–Trinajstić information content (AvgIpc) is 2.03. The summed E-state index contributed by atoms with van der Waals surface area (Å²) in [6, 6.07) is 6.78. The third-order valence-corrected chi connectivity index (χ3v) is 2.02. The largest absolute Gasteiger partial charge is 0.383 e. The Morgan fingerprint density at radius 3 is 2.54 bits per heavy atom. The van der Waals surface area contributed by atoms with Gasteiger partial charge < -0.3 is 11.1 Å². The molecule has 0 atom stereocenters. The first-order chi connectivity index (χ1) is 6.13. The van der Waals surface area contributed by atoms with Crippen LogP contribution in [-0.4, -0.2) is 6.04 Å². The van der Waals surface area contributed by atoms with Crippen LogP contribution >= 0.6 is 0 Å². The quantitative estimate of drug-likeness (QED) is 0.745. The van der Waals surface area contributed by atoms with Crippen molar-refractivity contribution in [1.29, 1.82) is 0 Å². The Morgan fingerprint density at radius 2 is 2.08 bits per heavy atom. The van der Waals surface area contributed by atoms with Crippen molar-refractivity contribution in [2.75, 3.05) is 5.32 Å². The molecule has 0 bridgehead atoms. The van der Waals surface area contributed by atoms with Gasteiger partial charge in [-0.05, 0) is 44.0 Å². The number of aryl methyl sites for hydroxylation is 1. The summed E-state index contributed by atoms with van der Waals surface area (Å²) in [7, 11) is 0. The zero-order valence-corrected chi connectivity index (χ0v) is 8.59. The monoisotopic (exact) mass is 178 g/mol. The van der Waals surface area contributed by atoms with Crippen LogP contribution < -0.4 is 11.1 Å². The summed E-state index contributed by atoms with van der Waals surface area (Å²) in [6.07, 6.45) is 0. The molecule has 0 saturated carbocycles. The molecule has 1 aromatic carbocycles. The van der Waals surface area contributed by atoms with Gasteiger partial charge in [0.2, 0.25) is 0 Å². The summed E-state index contributed by atoms with van der Waals surface area (Å²) in [5.74, 6) is 0.